The first-order valence-electron chi connectivity index (χ1n) is 8.07. The molecule has 0 bridgehead atoms. The molecular formula is C18H21BrN2O3. The van der Waals surface area contributed by atoms with Gasteiger partial charge >= 0.3 is 0 Å². The Bertz CT molecular complexity index is 789. The Kier molecular flexibility index (Phi) is 4.67. The van der Waals surface area contributed by atoms with Crippen LogP contribution in [0.3, 0.4) is 0 Å². The van der Waals surface area contributed by atoms with Crippen LogP contribution in [0.2, 0.25) is 0 Å². The number of aryl methyl sites for hydroxylation is 1. The van der Waals surface area contributed by atoms with Gasteiger partial charge in [0.1, 0.15) is 5.58 Å². The lowest BCUT2D eigenvalue weighted by atomic mass is 9.95. The van der Waals surface area contributed by atoms with Gasteiger partial charge in [-0.1, -0.05) is 15.9 Å². The highest BCUT2D eigenvalue weighted by atomic mass is 79.9. The SMILES string of the molecule is Cc1c(C(=O)N2CCC(C(=O)N(C)C)CC2)oc2ccc(Br)cc12. The van der Waals surface area contributed by atoms with Crippen LogP contribution in [-0.4, -0.2) is 48.8 Å². The van der Waals surface area contributed by atoms with Crippen molar-refractivity contribution < 1.29 is 14.0 Å². The first-order chi connectivity index (χ1) is 11.4. The van der Waals surface area contributed by atoms with Gasteiger partial charge in [-0.15, -0.1) is 0 Å². The summed E-state index contributed by atoms with van der Waals surface area (Å²) in [5.74, 6) is 0.472. The minimum absolute atomic E-state index is 0.0109. The molecular weight excluding hydrogens is 372 g/mol. The number of likely N-dealkylation sites (tertiary alicyclic amines) is 1. The summed E-state index contributed by atoms with van der Waals surface area (Å²) >= 11 is 3.45. The lowest BCUT2D eigenvalue weighted by molar-refractivity contribution is -0.134. The monoisotopic (exact) mass is 392 g/mol. The van der Waals surface area contributed by atoms with Crippen molar-refractivity contribution in [2.75, 3.05) is 27.2 Å². The molecule has 0 aliphatic carbocycles. The van der Waals surface area contributed by atoms with Gasteiger partial charge in [0.2, 0.25) is 5.91 Å². The maximum Gasteiger partial charge on any atom is 0.289 e. The number of hydrogen-bond acceptors (Lipinski definition) is 3. The van der Waals surface area contributed by atoms with Gasteiger partial charge < -0.3 is 14.2 Å². The molecule has 0 unspecified atom stereocenters. The molecule has 3 rings (SSSR count). The van der Waals surface area contributed by atoms with Gasteiger partial charge in [0.15, 0.2) is 5.76 Å². The van der Waals surface area contributed by atoms with E-state index >= 15 is 0 Å². The van der Waals surface area contributed by atoms with Crippen LogP contribution in [0, 0.1) is 12.8 Å². The molecule has 128 valence electrons. The molecule has 1 saturated heterocycles. The fraction of sp³-hybridized carbons (Fsp3) is 0.444. The quantitative estimate of drug-likeness (QED) is 0.786. The third-order valence-corrected chi connectivity index (χ3v) is 5.16. The van der Waals surface area contributed by atoms with E-state index in [0.717, 1.165) is 21.0 Å². The highest BCUT2D eigenvalue weighted by Gasteiger charge is 2.30. The lowest BCUT2D eigenvalue weighted by Gasteiger charge is -2.32. The van der Waals surface area contributed by atoms with Crippen LogP contribution < -0.4 is 0 Å². The number of fused-ring (bicyclic) bond motifs is 1. The van der Waals surface area contributed by atoms with Gasteiger partial charge in [-0.25, -0.2) is 0 Å². The predicted molar refractivity (Wildman–Crippen MR) is 96.0 cm³/mol. The van der Waals surface area contributed by atoms with E-state index in [9.17, 15) is 9.59 Å². The molecule has 1 aliphatic heterocycles. The van der Waals surface area contributed by atoms with E-state index in [0.29, 0.717) is 31.7 Å². The molecule has 5 nitrogen and oxygen atoms in total. The third kappa shape index (κ3) is 3.07. The number of amides is 2. The molecule has 0 radical (unpaired) electrons. The summed E-state index contributed by atoms with van der Waals surface area (Å²) < 4.78 is 6.75. The maximum absolute atomic E-state index is 12.8. The zero-order valence-corrected chi connectivity index (χ0v) is 15.7. The number of halogens is 1. The summed E-state index contributed by atoms with van der Waals surface area (Å²) in [6.07, 6.45) is 1.40. The molecule has 1 aromatic heterocycles. The number of piperidine rings is 1. The molecule has 2 heterocycles. The van der Waals surface area contributed by atoms with Crippen molar-refractivity contribution in [2.45, 2.75) is 19.8 Å². The molecule has 6 heteroatoms. The smallest absolute Gasteiger partial charge is 0.289 e. The van der Waals surface area contributed by atoms with Gasteiger partial charge in [0.25, 0.3) is 5.91 Å². The Morgan fingerprint density at radius 2 is 1.92 bits per heavy atom. The van der Waals surface area contributed by atoms with Crippen molar-refractivity contribution in [1.82, 2.24) is 9.80 Å². The molecule has 0 saturated carbocycles. The molecule has 1 aliphatic rings. The number of rotatable bonds is 2. The third-order valence-electron chi connectivity index (χ3n) is 4.66. The molecule has 0 N–H and O–H groups in total. The predicted octanol–water partition coefficient (Wildman–Crippen LogP) is 3.44. The Labute approximate surface area is 149 Å². The first-order valence-corrected chi connectivity index (χ1v) is 8.87. The second kappa shape index (κ2) is 6.59. The second-order valence-corrected chi connectivity index (χ2v) is 7.41. The van der Waals surface area contributed by atoms with E-state index in [1.807, 2.05) is 25.1 Å². The highest BCUT2D eigenvalue weighted by Crippen LogP contribution is 2.30. The van der Waals surface area contributed by atoms with Gasteiger partial charge in [0, 0.05) is 48.5 Å². The largest absolute Gasteiger partial charge is 0.451 e. The summed E-state index contributed by atoms with van der Waals surface area (Å²) in [5.41, 5.74) is 1.58. The van der Waals surface area contributed by atoms with Crippen LogP contribution in [0.15, 0.2) is 27.1 Å². The Balaban J connectivity index is 1.76. The van der Waals surface area contributed by atoms with E-state index in [1.165, 1.54) is 0 Å². The van der Waals surface area contributed by atoms with Gasteiger partial charge in [0.05, 0.1) is 0 Å². The summed E-state index contributed by atoms with van der Waals surface area (Å²) in [6.45, 7) is 3.08. The molecule has 0 spiro atoms. The van der Waals surface area contributed by atoms with E-state index in [4.69, 9.17) is 4.42 Å². The molecule has 1 fully saturated rings. The Hall–Kier alpha value is -1.82. The fourth-order valence-corrected chi connectivity index (χ4v) is 3.60. The van der Waals surface area contributed by atoms with Gasteiger partial charge in [-0.2, -0.15) is 0 Å². The van der Waals surface area contributed by atoms with Crippen LogP contribution >= 0.6 is 15.9 Å². The van der Waals surface area contributed by atoms with Crippen molar-refractivity contribution >= 4 is 38.7 Å². The minimum Gasteiger partial charge on any atom is -0.451 e. The lowest BCUT2D eigenvalue weighted by Crippen LogP contribution is -2.42. The van der Waals surface area contributed by atoms with Crippen molar-refractivity contribution in [2.24, 2.45) is 5.92 Å². The standard InChI is InChI=1S/C18H21BrN2O3/c1-11-14-10-13(19)4-5-15(14)24-16(11)18(23)21-8-6-12(7-9-21)17(22)20(2)3/h4-5,10,12H,6-9H2,1-3H3. The summed E-state index contributed by atoms with van der Waals surface area (Å²) in [5, 5.41) is 0.949. The summed E-state index contributed by atoms with van der Waals surface area (Å²) in [4.78, 5) is 28.3. The second-order valence-electron chi connectivity index (χ2n) is 6.50. The van der Waals surface area contributed by atoms with E-state index in [2.05, 4.69) is 15.9 Å². The first kappa shape index (κ1) is 17.0. The fourth-order valence-electron chi connectivity index (χ4n) is 3.24. The molecule has 1 aromatic carbocycles. The van der Waals surface area contributed by atoms with Crippen LogP contribution in [0.5, 0.6) is 0 Å². The topological polar surface area (TPSA) is 53.8 Å². The molecule has 2 amide bonds. The molecule has 0 atom stereocenters. The van der Waals surface area contributed by atoms with E-state index in [-0.39, 0.29) is 17.7 Å². The van der Waals surface area contributed by atoms with Crippen LogP contribution in [-0.2, 0) is 4.79 Å². The number of carbonyl (C=O) groups excluding carboxylic acids is 2. The van der Waals surface area contributed by atoms with Crippen LogP contribution in [0.4, 0.5) is 0 Å². The average molecular weight is 393 g/mol. The van der Waals surface area contributed by atoms with Crippen molar-refractivity contribution in [3.8, 4) is 0 Å². The zero-order chi connectivity index (χ0) is 17.4. The van der Waals surface area contributed by atoms with E-state index < -0.39 is 0 Å². The highest BCUT2D eigenvalue weighted by molar-refractivity contribution is 9.10. The number of carbonyl (C=O) groups is 2. The normalized spacial score (nSPS) is 15.8. The van der Waals surface area contributed by atoms with Gasteiger partial charge in [-0.3, -0.25) is 9.59 Å². The van der Waals surface area contributed by atoms with Crippen molar-refractivity contribution in [1.29, 1.82) is 0 Å². The molecule has 24 heavy (non-hydrogen) atoms. The Morgan fingerprint density at radius 3 is 2.54 bits per heavy atom. The van der Waals surface area contributed by atoms with Crippen LogP contribution in [0.1, 0.15) is 29.0 Å². The van der Waals surface area contributed by atoms with Crippen LogP contribution in [0.25, 0.3) is 11.0 Å². The van der Waals surface area contributed by atoms with Gasteiger partial charge in [-0.05, 0) is 38.0 Å². The molecule has 2 aromatic rings. The zero-order valence-electron chi connectivity index (χ0n) is 14.1. The number of nitrogens with zero attached hydrogens (tertiary/aromatic N) is 2. The minimum atomic E-state index is -0.0874. The summed E-state index contributed by atoms with van der Waals surface area (Å²) in [6, 6.07) is 5.73. The van der Waals surface area contributed by atoms with Crippen molar-refractivity contribution in [3.05, 3.63) is 34.0 Å². The van der Waals surface area contributed by atoms with Crippen molar-refractivity contribution in [3.63, 3.8) is 0 Å². The Morgan fingerprint density at radius 1 is 1.25 bits per heavy atom. The number of hydrogen-bond donors (Lipinski definition) is 0. The number of furan rings is 1. The van der Waals surface area contributed by atoms with E-state index in [1.54, 1.807) is 23.9 Å². The maximum atomic E-state index is 12.8. The number of benzene rings is 1. The summed E-state index contributed by atoms with van der Waals surface area (Å²) in [7, 11) is 3.55. The average Bonchev–Trinajstić information content (AvgIpc) is 2.90.